The van der Waals surface area contributed by atoms with Gasteiger partial charge in [-0.1, -0.05) is 23.7 Å². The molecule has 0 unspecified atom stereocenters. The Kier molecular flexibility index (Phi) is 7.07. The van der Waals surface area contributed by atoms with E-state index in [9.17, 15) is 14.7 Å². The van der Waals surface area contributed by atoms with Crippen molar-refractivity contribution in [2.45, 2.75) is 18.9 Å². The minimum absolute atomic E-state index is 0. The number of para-hydroxylation sites is 1. The number of rotatable bonds is 5. The highest BCUT2D eigenvalue weighted by molar-refractivity contribution is 6.31. The molecule has 1 aliphatic rings. The van der Waals surface area contributed by atoms with Gasteiger partial charge in [-0.3, -0.25) is 9.36 Å². The highest BCUT2D eigenvalue weighted by atomic mass is 35.5. The molecule has 0 bridgehead atoms. The summed E-state index contributed by atoms with van der Waals surface area (Å²) in [5.74, 6) is -0.293. The molecule has 9 heteroatoms. The predicted molar refractivity (Wildman–Crippen MR) is 120 cm³/mol. The largest absolute Gasteiger partial charge is 0.507 e. The summed E-state index contributed by atoms with van der Waals surface area (Å²) < 4.78 is 1.84. The van der Waals surface area contributed by atoms with Gasteiger partial charge in [-0.2, -0.15) is 0 Å². The quantitative estimate of drug-likeness (QED) is 0.556. The maximum Gasteiger partial charge on any atom is 0.326 e. The normalized spacial score (nSPS) is 15.1. The zero-order valence-corrected chi connectivity index (χ0v) is 17.9. The molecule has 3 N–H and O–H groups in total. The van der Waals surface area contributed by atoms with E-state index in [1.807, 2.05) is 10.6 Å². The molecule has 3 aromatic rings. The van der Waals surface area contributed by atoms with Crippen molar-refractivity contribution < 1.29 is 9.90 Å². The number of H-pyrrole nitrogens is 1. The average molecular weight is 451 g/mol. The minimum atomic E-state index is -0.276. The van der Waals surface area contributed by atoms with Crippen LogP contribution in [0.2, 0.25) is 5.02 Å². The number of nitrogens with one attached hydrogen (secondary N) is 2. The first-order valence-electron chi connectivity index (χ1n) is 9.71. The lowest BCUT2D eigenvalue weighted by Crippen LogP contribution is -2.41. The lowest BCUT2D eigenvalue weighted by Gasteiger charge is -2.32. The van der Waals surface area contributed by atoms with Crippen molar-refractivity contribution in [1.82, 2.24) is 19.8 Å². The number of piperidine rings is 1. The van der Waals surface area contributed by atoms with Gasteiger partial charge in [0.2, 0.25) is 0 Å². The van der Waals surface area contributed by atoms with Crippen LogP contribution in [0.1, 0.15) is 29.2 Å². The second kappa shape index (κ2) is 9.55. The predicted octanol–water partition coefficient (Wildman–Crippen LogP) is 3.18. The van der Waals surface area contributed by atoms with Crippen LogP contribution in [0, 0.1) is 0 Å². The first-order valence-corrected chi connectivity index (χ1v) is 10.1. The molecule has 160 valence electrons. The monoisotopic (exact) mass is 450 g/mol. The molecule has 30 heavy (non-hydrogen) atoms. The molecule has 2 aromatic carbocycles. The fraction of sp³-hybridized carbons (Fsp3) is 0.333. The molecule has 1 amide bonds. The van der Waals surface area contributed by atoms with Gasteiger partial charge in [-0.05, 0) is 43.2 Å². The van der Waals surface area contributed by atoms with E-state index < -0.39 is 0 Å². The number of hydrogen-bond acceptors (Lipinski definition) is 4. The summed E-state index contributed by atoms with van der Waals surface area (Å²) in [7, 11) is 0. The van der Waals surface area contributed by atoms with E-state index in [1.54, 1.807) is 30.3 Å². The van der Waals surface area contributed by atoms with Crippen molar-refractivity contribution >= 4 is 40.9 Å². The Morgan fingerprint density at radius 1 is 1.20 bits per heavy atom. The summed E-state index contributed by atoms with van der Waals surface area (Å²) in [5.41, 5.74) is 1.82. The number of halogens is 2. The van der Waals surface area contributed by atoms with Gasteiger partial charge in [-0.15, -0.1) is 12.4 Å². The van der Waals surface area contributed by atoms with E-state index in [4.69, 9.17) is 11.6 Å². The molecule has 1 aliphatic heterocycles. The second-order valence-electron chi connectivity index (χ2n) is 7.31. The number of imidazole rings is 1. The molecule has 0 atom stereocenters. The number of carbonyl (C=O) groups excluding carboxylic acids is 1. The van der Waals surface area contributed by atoms with Crippen molar-refractivity contribution in [2.75, 3.05) is 26.2 Å². The Hall–Kier alpha value is -2.48. The number of amides is 1. The van der Waals surface area contributed by atoms with E-state index in [0.29, 0.717) is 11.6 Å². The van der Waals surface area contributed by atoms with Crippen molar-refractivity contribution in [2.24, 2.45) is 0 Å². The van der Waals surface area contributed by atoms with Crippen molar-refractivity contribution in [3.8, 4) is 5.75 Å². The number of aromatic hydroxyl groups is 1. The number of phenols is 1. The topological polar surface area (TPSA) is 90.4 Å². The zero-order valence-electron chi connectivity index (χ0n) is 16.3. The van der Waals surface area contributed by atoms with Crippen LogP contribution in [0.25, 0.3) is 11.0 Å². The van der Waals surface area contributed by atoms with E-state index in [1.165, 1.54) is 6.07 Å². The van der Waals surface area contributed by atoms with Gasteiger partial charge < -0.3 is 20.3 Å². The second-order valence-corrected chi connectivity index (χ2v) is 7.74. The molecule has 0 radical (unpaired) electrons. The molecule has 7 nitrogen and oxygen atoms in total. The fourth-order valence-electron chi connectivity index (χ4n) is 3.96. The van der Waals surface area contributed by atoms with E-state index in [2.05, 4.69) is 15.2 Å². The molecule has 0 spiro atoms. The van der Waals surface area contributed by atoms with Crippen LogP contribution in [-0.2, 0) is 0 Å². The maximum absolute atomic E-state index is 12.4. The number of nitrogens with zero attached hydrogens (tertiary/aromatic N) is 2. The summed E-state index contributed by atoms with van der Waals surface area (Å²) in [4.78, 5) is 29.7. The Bertz CT molecular complexity index is 1090. The van der Waals surface area contributed by atoms with Crippen LogP contribution in [-0.4, -0.2) is 51.6 Å². The SMILES string of the molecule is Cl.O=C(NCCN1CCC(n2c(=O)[nH]c3cc(Cl)ccc32)CC1)c1ccccc1O. The number of likely N-dealkylation sites (tertiary alicyclic amines) is 1. The van der Waals surface area contributed by atoms with Gasteiger partial charge in [0.25, 0.3) is 5.91 Å². The summed E-state index contributed by atoms with van der Waals surface area (Å²) >= 11 is 6.02. The summed E-state index contributed by atoms with van der Waals surface area (Å²) in [6.07, 6.45) is 1.73. The molecule has 1 fully saturated rings. The molecule has 1 saturated heterocycles. The van der Waals surface area contributed by atoms with Gasteiger partial charge >= 0.3 is 5.69 Å². The number of aromatic nitrogens is 2. The highest BCUT2D eigenvalue weighted by Gasteiger charge is 2.23. The van der Waals surface area contributed by atoms with E-state index >= 15 is 0 Å². The Labute approximate surface area is 185 Å². The van der Waals surface area contributed by atoms with Gasteiger partial charge in [-0.25, -0.2) is 4.79 Å². The molecule has 4 rings (SSSR count). The first kappa shape index (κ1) is 22.2. The third-order valence-electron chi connectivity index (χ3n) is 5.46. The average Bonchev–Trinajstić information content (AvgIpc) is 3.03. The number of benzene rings is 2. The number of hydrogen-bond donors (Lipinski definition) is 3. The molecule has 0 aliphatic carbocycles. The third kappa shape index (κ3) is 4.64. The molecule has 0 saturated carbocycles. The van der Waals surface area contributed by atoms with Crippen LogP contribution in [0.5, 0.6) is 5.75 Å². The highest BCUT2D eigenvalue weighted by Crippen LogP contribution is 2.26. The summed E-state index contributed by atoms with van der Waals surface area (Å²) in [6, 6.07) is 12.1. The number of fused-ring (bicyclic) bond motifs is 1. The number of aromatic amines is 1. The standard InChI is InChI=1S/C21H23ClN4O3.ClH/c22-14-5-6-18-17(13-14)24-21(29)26(18)15-7-10-25(11-8-15)12-9-23-20(28)16-3-1-2-4-19(16)27;/h1-6,13,15,27H,7-12H2,(H,23,28)(H,24,29);1H. The Morgan fingerprint density at radius 3 is 2.67 bits per heavy atom. The molecule has 1 aromatic heterocycles. The first-order chi connectivity index (χ1) is 14.0. The van der Waals surface area contributed by atoms with Crippen molar-refractivity contribution in [1.29, 1.82) is 0 Å². The van der Waals surface area contributed by atoms with Crippen LogP contribution >= 0.6 is 24.0 Å². The summed E-state index contributed by atoms with van der Waals surface area (Å²) in [6.45, 7) is 2.93. The lowest BCUT2D eigenvalue weighted by molar-refractivity contribution is 0.0941. The third-order valence-corrected chi connectivity index (χ3v) is 5.70. The number of phenolic OH excluding ortho intramolecular Hbond substituents is 1. The Balaban J connectivity index is 0.00000256. The van der Waals surface area contributed by atoms with Crippen molar-refractivity contribution in [3.63, 3.8) is 0 Å². The smallest absolute Gasteiger partial charge is 0.326 e. The summed E-state index contributed by atoms with van der Waals surface area (Å²) in [5, 5.41) is 13.2. The number of carbonyl (C=O) groups is 1. The minimum Gasteiger partial charge on any atom is -0.507 e. The van der Waals surface area contributed by atoms with Crippen LogP contribution < -0.4 is 11.0 Å². The van der Waals surface area contributed by atoms with Gasteiger partial charge in [0, 0.05) is 37.2 Å². The zero-order chi connectivity index (χ0) is 20.4. The maximum atomic E-state index is 12.4. The van der Waals surface area contributed by atoms with Gasteiger partial charge in [0.15, 0.2) is 0 Å². The fourth-order valence-corrected chi connectivity index (χ4v) is 4.13. The molecule has 2 heterocycles. The van der Waals surface area contributed by atoms with E-state index in [0.717, 1.165) is 43.5 Å². The van der Waals surface area contributed by atoms with Crippen molar-refractivity contribution in [3.05, 3.63) is 63.5 Å². The lowest BCUT2D eigenvalue weighted by atomic mass is 10.0. The van der Waals surface area contributed by atoms with Gasteiger partial charge in [0.05, 0.1) is 16.6 Å². The molecular formula is C21H24Cl2N4O3. The Morgan fingerprint density at radius 2 is 1.93 bits per heavy atom. The molecular weight excluding hydrogens is 427 g/mol. The van der Waals surface area contributed by atoms with Crippen LogP contribution in [0.3, 0.4) is 0 Å². The van der Waals surface area contributed by atoms with Crippen LogP contribution in [0.4, 0.5) is 0 Å². The van der Waals surface area contributed by atoms with Crippen LogP contribution in [0.15, 0.2) is 47.3 Å². The van der Waals surface area contributed by atoms with E-state index in [-0.39, 0.29) is 41.4 Å². The van der Waals surface area contributed by atoms with Gasteiger partial charge in [0.1, 0.15) is 5.75 Å².